The van der Waals surface area contributed by atoms with E-state index in [2.05, 4.69) is 24.2 Å². The van der Waals surface area contributed by atoms with Crippen LogP contribution in [0, 0.1) is 0 Å². The third-order valence-corrected chi connectivity index (χ3v) is 3.89. The van der Waals surface area contributed by atoms with Crippen LogP contribution < -0.4 is 5.32 Å². The van der Waals surface area contributed by atoms with Gasteiger partial charge in [-0.3, -0.25) is 0 Å². The second kappa shape index (κ2) is 5.99. The van der Waals surface area contributed by atoms with E-state index in [1.54, 1.807) is 0 Å². The van der Waals surface area contributed by atoms with E-state index in [1.807, 2.05) is 0 Å². The van der Waals surface area contributed by atoms with Crippen LogP contribution in [0.5, 0.6) is 0 Å². The molecule has 2 rings (SSSR count). The molecule has 2 fully saturated rings. The SMILES string of the molecule is CCC1CC(NCCN(C)C2CC2)CCO1. The standard InChI is InChI=1S/C13H26N2O/c1-3-13-10-11(6-9-16-13)14-7-8-15(2)12-4-5-12/h11-14H,3-10H2,1-2H3. The fraction of sp³-hybridized carbons (Fsp3) is 1.00. The zero-order valence-electron chi connectivity index (χ0n) is 10.7. The Morgan fingerprint density at radius 2 is 2.12 bits per heavy atom. The summed E-state index contributed by atoms with van der Waals surface area (Å²) in [4.78, 5) is 2.49. The Morgan fingerprint density at radius 3 is 2.81 bits per heavy atom. The Labute approximate surface area is 99.5 Å². The molecule has 0 aromatic heterocycles. The molecule has 3 nitrogen and oxygen atoms in total. The Morgan fingerprint density at radius 1 is 1.31 bits per heavy atom. The van der Waals surface area contributed by atoms with Crippen molar-refractivity contribution in [3.8, 4) is 0 Å². The molecule has 0 radical (unpaired) electrons. The maximum atomic E-state index is 5.68. The highest BCUT2D eigenvalue weighted by atomic mass is 16.5. The summed E-state index contributed by atoms with van der Waals surface area (Å²) in [5.41, 5.74) is 0. The quantitative estimate of drug-likeness (QED) is 0.745. The highest BCUT2D eigenvalue weighted by Gasteiger charge is 2.26. The maximum Gasteiger partial charge on any atom is 0.0587 e. The minimum atomic E-state index is 0.493. The van der Waals surface area contributed by atoms with Gasteiger partial charge in [-0.25, -0.2) is 0 Å². The Bertz CT molecular complexity index is 206. The van der Waals surface area contributed by atoms with Crippen LogP contribution in [0.2, 0.25) is 0 Å². The molecule has 1 aliphatic heterocycles. The summed E-state index contributed by atoms with van der Waals surface area (Å²) in [6, 6.07) is 1.58. The summed E-state index contributed by atoms with van der Waals surface area (Å²) in [6.07, 6.45) is 6.84. The summed E-state index contributed by atoms with van der Waals surface area (Å²) < 4.78 is 5.68. The van der Waals surface area contributed by atoms with Crippen molar-refractivity contribution in [3.05, 3.63) is 0 Å². The highest BCUT2D eigenvalue weighted by Crippen LogP contribution is 2.24. The van der Waals surface area contributed by atoms with E-state index in [4.69, 9.17) is 4.74 Å². The van der Waals surface area contributed by atoms with Crippen LogP contribution in [0.4, 0.5) is 0 Å². The van der Waals surface area contributed by atoms with Gasteiger partial charge in [0.15, 0.2) is 0 Å². The normalized spacial score (nSPS) is 30.9. The molecule has 0 aromatic rings. The lowest BCUT2D eigenvalue weighted by atomic mass is 10.0. The fourth-order valence-corrected chi connectivity index (χ4v) is 2.49. The van der Waals surface area contributed by atoms with Crippen molar-refractivity contribution in [1.29, 1.82) is 0 Å². The van der Waals surface area contributed by atoms with E-state index < -0.39 is 0 Å². The van der Waals surface area contributed by atoms with Gasteiger partial charge in [0.05, 0.1) is 6.10 Å². The topological polar surface area (TPSA) is 24.5 Å². The van der Waals surface area contributed by atoms with Gasteiger partial charge in [0, 0.05) is 31.8 Å². The molecule has 1 heterocycles. The van der Waals surface area contributed by atoms with Gasteiger partial charge in [0.2, 0.25) is 0 Å². The van der Waals surface area contributed by atoms with Gasteiger partial charge >= 0.3 is 0 Å². The minimum Gasteiger partial charge on any atom is -0.378 e. The van der Waals surface area contributed by atoms with Crippen LogP contribution in [0.25, 0.3) is 0 Å². The van der Waals surface area contributed by atoms with Gasteiger partial charge in [-0.05, 0) is 39.2 Å². The van der Waals surface area contributed by atoms with Crippen LogP contribution in [0.3, 0.4) is 0 Å². The van der Waals surface area contributed by atoms with Gasteiger partial charge < -0.3 is 15.0 Å². The minimum absolute atomic E-state index is 0.493. The third kappa shape index (κ3) is 3.72. The monoisotopic (exact) mass is 226 g/mol. The first kappa shape index (κ1) is 12.3. The molecule has 2 aliphatic rings. The molecule has 0 spiro atoms. The van der Waals surface area contributed by atoms with Gasteiger partial charge in [-0.15, -0.1) is 0 Å². The summed E-state index contributed by atoms with van der Waals surface area (Å²) in [5.74, 6) is 0. The highest BCUT2D eigenvalue weighted by molar-refractivity contribution is 4.83. The number of likely N-dealkylation sites (N-methyl/N-ethyl adjacent to an activating group) is 1. The molecule has 0 bridgehead atoms. The second-order valence-corrected chi connectivity index (χ2v) is 5.29. The Balaban J connectivity index is 1.57. The first-order valence-electron chi connectivity index (χ1n) is 6.84. The summed E-state index contributed by atoms with van der Waals surface area (Å²) >= 11 is 0. The predicted molar refractivity (Wildman–Crippen MR) is 66.7 cm³/mol. The Hall–Kier alpha value is -0.120. The van der Waals surface area contributed by atoms with Crippen LogP contribution in [-0.4, -0.2) is 49.8 Å². The molecule has 16 heavy (non-hydrogen) atoms. The van der Waals surface area contributed by atoms with E-state index in [9.17, 15) is 0 Å². The predicted octanol–water partition coefficient (Wildman–Crippen LogP) is 1.63. The van der Waals surface area contributed by atoms with Crippen molar-refractivity contribution in [2.45, 2.75) is 57.2 Å². The number of ether oxygens (including phenoxy) is 1. The number of nitrogens with zero attached hydrogens (tertiary/aromatic N) is 1. The van der Waals surface area contributed by atoms with E-state index in [0.29, 0.717) is 12.1 Å². The molecular formula is C13H26N2O. The van der Waals surface area contributed by atoms with E-state index >= 15 is 0 Å². The van der Waals surface area contributed by atoms with Crippen LogP contribution in [-0.2, 0) is 4.74 Å². The molecule has 3 heteroatoms. The lowest BCUT2D eigenvalue weighted by molar-refractivity contribution is -0.000226. The molecular weight excluding hydrogens is 200 g/mol. The van der Waals surface area contributed by atoms with Gasteiger partial charge in [0.25, 0.3) is 0 Å². The van der Waals surface area contributed by atoms with Crippen molar-refractivity contribution >= 4 is 0 Å². The summed E-state index contributed by atoms with van der Waals surface area (Å²) in [6.45, 7) is 5.48. The molecule has 0 amide bonds. The largest absolute Gasteiger partial charge is 0.378 e. The van der Waals surface area contributed by atoms with Crippen LogP contribution >= 0.6 is 0 Å². The fourth-order valence-electron chi connectivity index (χ4n) is 2.49. The molecule has 1 saturated carbocycles. The van der Waals surface area contributed by atoms with Crippen molar-refractivity contribution < 1.29 is 4.74 Å². The van der Waals surface area contributed by atoms with Crippen molar-refractivity contribution in [3.63, 3.8) is 0 Å². The number of hydrogen-bond acceptors (Lipinski definition) is 3. The number of rotatable bonds is 6. The average molecular weight is 226 g/mol. The molecule has 1 N–H and O–H groups in total. The molecule has 1 aliphatic carbocycles. The summed E-state index contributed by atoms with van der Waals surface area (Å²) in [7, 11) is 2.25. The van der Waals surface area contributed by atoms with E-state index in [0.717, 1.165) is 25.6 Å². The van der Waals surface area contributed by atoms with Gasteiger partial charge in [-0.1, -0.05) is 6.92 Å². The average Bonchev–Trinajstić information content (AvgIpc) is 3.13. The molecule has 1 saturated heterocycles. The van der Waals surface area contributed by atoms with Gasteiger partial charge in [-0.2, -0.15) is 0 Å². The summed E-state index contributed by atoms with van der Waals surface area (Å²) in [5, 5.41) is 3.68. The second-order valence-electron chi connectivity index (χ2n) is 5.29. The van der Waals surface area contributed by atoms with Gasteiger partial charge in [0.1, 0.15) is 0 Å². The first-order valence-corrected chi connectivity index (χ1v) is 6.84. The zero-order valence-corrected chi connectivity index (χ0v) is 10.7. The van der Waals surface area contributed by atoms with E-state index in [1.165, 1.54) is 32.2 Å². The maximum absolute atomic E-state index is 5.68. The first-order chi connectivity index (χ1) is 7.79. The Kier molecular flexibility index (Phi) is 4.62. The zero-order chi connectivity index (χ0) is 11.4. The molecule has 2 atom stereocenters. The third-order valence-electron chi connectivity index (χ3n) is 3.89. The number of hydrogen-bond donors (Lipinski definition) is 1. The van der Waals surface area contributed by atoms with Crippen LogP contribution in [0.15, 0.2) is 0 Å². The molecule has 0 aromatic carbocycles. The molecule has 94 valence electrons. The van der Waals surface area contributed by atoms with Crippen LogP contribution in [0.1, 0.15) is 39.0 Å². The van der Waals surface area contributed by atoms with E-state index in [-0.39, 0.29) is 0 Å². The van der Waals surface area contributed by atoms with Crippen molar-refractivity contribution in [1.82, 2.24) is 10.2 Å². The van der Waals surface area contributed by atoms with Crippen molar-refractivity contribution in [2.24, 2.45) is 0 Å². The lowest BCUT2D eigenvalue weighted by Gasteiger charge is -2.30. The number of nitrogens with one attached hydrogen (secondary N) is 1. The lowest BCUT2D eigenvalue weighted by Crippen LogP contribution is -2.42. The smallest absolute Gasteiger partial charge is 0.0587 e. The van der Waals surface area contributed by atoms with Crippen molar-refractivity contribution in [2.75, 3.05) is 26.7 Å². The molecule has 2 unspecified atom stereocenters.